The predicted octanol–water partition coefficient (Wildman–Crippen LogP) is 2.75. The Morgan fingerprint density at radius 2 is 1.75 bits per heavy atom. The fourth-order valence-electron chi connectivity index (χ4n) is 3.64. The molecule has 0 heterocycles. The van der Waals surface area contributed by atoms with Crippen LogP contribution in [0.2, 0.25) is 0 Å². The summed E-state index contributed by atoms with van der Waals surface area (Å²) in [4.78, 5) is 25.3. The molecule has 0 bridgehead atoms. The van der Waals surface area contributed by atoms with Crippen LogP contribution in [-0.2, 0) is 4.79 Å². The van der Waals surface area contributed by atoms with E-state index in [1.807, 2.05) is 7.05 Å². The number of amides is 2. The van der Waals surface area contributed by atoms with Gasteiger partial charge in [-0.05, 0) is 25.7 Å². The van der Waals surface area contributed by atoms with Gasteiger partial charge in [0.05, 0.1) is 12.0 Å². The van der Waals surface area contributed by atoms with Gasteiger partial charge in [-0.3, -0.25) is 4.79 Å². The number of carboxylic acids is 1. The van der Waals surface area contributed by atoms with Crippen LogP contribution in [0.25, 0.3) is 0 Å². The lowest BCUT2D eigenvalue weighted by molar-refractivity contribution is -0.139. The second-order valence-electron chi connectivity index (χ2n) is 6.39. The van der Waals surface area contributed by atoms with Crippen LogP contribution in [-0.4, -0.2) is 40.6 Å². The first kappa shape index (κ1) is 15.1. The number of rotatable bonds is 4. The van der Waals surface area contributed by atoms with Crippen molar-refractivity contribution >= 4 is 12.0 Å². The number of nitrogens with one attached hydrogen (secondary N) is 1. The van der Waals surface area contributed by atoms with Crippen LogP contribution < -0.4 is 5.32 Å². The normalized spacial score (nSPS) is 22.4. The van der Waals surface area contributed by atoms with E-state index in [4.69, 9.17) is 5.11 Å². The van der Waals surface area contributed by atoms with E-state index in [0.29, 0.717) is 6.04 Å². The van der Waals surface area contributed by atoms with Crippen molar-refractivity contribution in [2.75, 3.05) is 7.05 Å². The zero-order chi connectivity index (χ0) is 14.6. The Hall–Kier alpha value is -1.26. The number of carbonyl (C=O) groups excluding carboxylic acids is 1. The monoisotopic (exact) mass is 282 g/mol. The molecule has 2 amide bonds. The number of carboxylic acid groups (broad SMARTS) is 1. The topological polar surface area (TPSA) is 69.6 Å². The van der Waals surface area contributed by atoms with E-state index in [-0.39, 0.29) is 12.5 Å². The Labute approximate surface area is 120 Å². The maximum absolute atomic E-state index is 12.4. The SMILES string of the molecule is CN(C(=O)NC1(CC(=O)O)CCCCC1)C1CCCC1. The van der Waals surface area contributed by atoms with Crippen molar-refractivity contribution < 1.29 is 14.7 Å². The molecule has 0 aromatic rings. The van der Waals surface area contributed by atoms with Crippen molar-refractivity contribution in [2.24, 2.45) is 0 Å². The summed E-state index contributed by atoms with van der Waals surface area (Å²) in [5.41, 5.74) is -0.534. The lowest BCUT2D eigenvalue weighted by Crippen LogP contribution is -2.55. The summed E-state index contributed by atoms with van der Waals surface area (Å²) in [5, 5.41) is 12.2. The molecule has 0 aromatic carbocycles. The van der Waals surface area contributed by atoms with Crippen molar-refractivity contribution in [2.45, 2.75) is 75.8 Å². The highest BCUT2D eigenvalue weighted by molar-refractivity contribution is 5.77. The highest BCUT2D eigenvalue weighted by Crippen LogP contribution is 2.32. The van der Waals surface area contributed by atoms with E-state index in [1.54, 1.807) is 4.90 Å². The molecule has 2 rings (SSSR count). The molecule has 2 saturated carbocycles. The van der Waals surface area contributed by atoms with Gasteiger partial charge in [0.25, 0.3) is 0 Å². The highest BCUT2D eigenvalue weighted by atomic mass is 16.4. The van der Waals surface area contributed by atoms with Gasteiger partial charge in [-0.15, -0.1) is 0 Å². The largest absolute Gasteiger partial charge is 0.481 e. The summed E-state index contributed by atoms with van der Waals surface area (Å²) < 4.78 is 0. The summed E-state index contributed by atoms with van der Waals surface area (Å²) >= 11 is 0. The summed E-state index contributed by atoms with van der Waals surface area (Å²) in [6.07, 6.45) is 9.23. The van der Waals surface area contributed by atoms with Crippen LogP contribution in [0.4, 0.5) is 4.79 Å². The fraction of sp³-hybridized carbons (Fsp3) is 0.867. The molecule has 0 spiro atoms. The summed E-state index contributed by atoms with van der Waals surface area (Å²) in [7, 11) is 1.84. The van der Waals surface area contributed by atoms with Gasteiger partial charge >= 0.3 is 12.0 Å². The molecule has 114 valence electrons. The molecule has 2 fully saturated rings. The van der Waals surface area contributed by atoms with Crippen molar-refractivity contribution in [3.05, 3.63) is 0 Å². The molecule has 5 nitrogen and oxygen atoms in total. The first-order chi connectivity index (χ1) is 9.52. The molecule has 2 aliphatic rings. The van der Waals surface area contributed by atoms with Crippen LogP contribution in [0.5, 0.6) is 0 Å². The molecule has 2 aliphatic carbocycles. The van der Waals surface area contributed by atoms with Crippen LogP contribution in [0, 0.1) is 0 Å². The maximum Gasteiger partial charge on any atom is 0.317 e. The molecule has 0 saturated heterocycles. The van der Waals surface area contributed by atoms with E-state index in [9.17, 15) is 9.59 Å². The third kappa shape index (κ3) is 3.64. The number of nitrogens with zero attached hydrogens (tertiary/aromatic N) is 1. The minimum absolute atomic E-state index is 0.0389. The number of carbonyl (C=O) groups is 2. The fourth-order valence-corrected chi connectivity index (χ4v) is 3.64. The Balaban J connectivity index is 1.98. The third-order valence-electron chi connectivity index (χ3n) is 4.87. The molecule has 2 N–H and O–H groups in total. The minimum Gasteiger partial charge on any atom is -0.481 e. The molecule has 20 heavy (non-hydrogen) atoms. The van der Waals surface area contributed by atoms with Gasteiger partial charge < -0.3 is 15.3 Å². The lowest BCUT2D eigenvalue weighted by atomic mass is 9.79. The number of hydrogen-bond acceptors (Lipinski definition) is 2. The summed E-state index contributed by atoms with van der Waals surface area (Å²) in [6.45, 7) is 0. The number of urea groups is 1. The van der Waals surface area contributed by atoms with E-state index < -0.39 is 11.5 Å². The van der Waals surface area contributed by atoms with Gasteiger partial charge in [0.2, 0.25) is 0 Å². The van der Waals surface area contributed by atoms with Crippen LogP contribution in [0.3, 0.4) is 0 Å². The molecular weight excluding hydrogens is 256 g/mol. The molecule has 0 radical (unpaired) electrons. The van der Waals surface area contributed by atoms with Gasteiger partial charge in [0.15, 0.2) is 0 Å². The van der Waals surface area contributed by atoms with Crippen molar-refractivity contribution in [3.8, 4) is 0 Å². The zero-order valence-electron chi connectivity index (χ0n) is 12.4. The Bertz CT molecular complexity index is 358. The van der Waals surface area contributed by atoms with Crippen LogP contribution in [0.1, 0.15) is 64.2 Å². The van der Waals surface area contributed by atoms with Gasteiger partial charge in [0, 0.05) is 13.1 Å². The van der Waals surface area contributed by atoms with Gasteiger partial charge in [-0.1, -0.05) is 32.1 Å². The zero-order valence-corrected chi connectivity index (χ0v) is 12.4. The summed E-state index contributed by atoms with van der Waals surface area (Å²) in [6, 6.07) is 0.223. The van der Waals surface area contributed by atoms with Gasteiger partial charge in [-0.25, -0.2) is 4.79 Å². The number of aliphatic carboxylic acids is 1. The Kier molecular flexibility index (Phi) is 4.89. The highest BCUT2D eigenvalue weighted by Gasteiger charge is 2.37. The maximum atomic E-state index is 12.4. The van der Waals surface area contributed by atoms with Crippen molar-refractivity contribution in [1.82, 2.24) is 10.2 Å². The quantitative estimate of drug-likeness (QED) is 0.833. The van der Waals surface area contributed by atoms with E-state index in [2.05, 4.69) is 5.32 Å². The van der Waals surface area contributed by atoms with E-state index in [1.165, 1.54) is 12.8 Å². The van der Waals surface area contributed by atoms with Gasteiger partial charge in [-0.2, -0.15) is 0 Å². The molecule has 5 heteroatoms. The van der Waals surface area contributed by atoms with Crippen molar-refractivity contribution in [3.63, 3.8) is 0 Å². The van der Waals surface area contributed by atoms with Gasteiger partial charge in [0.1, 0.15) is 0 Å². The first-order valence-electron chi connectivity index (χ1n) is 7.79. The van der Waals surface area contributed by atoms with E-state index in [0.717, 1.165) is 44.9 Å². The number of hydrogen-bond donors (Lipinski definition) is 2. The smallest absolute Gasteiger partial charge is 0.317 e. The van der Waals surface area contributed by atoms with E-state index >= 15 is 0 Å². The average molecular weight is 282 g/mol. The second kappa shape index (κ2) is 6.46. The predicted molar refractivity (Wildman–Crippen MR) is 76.6 cm³/mol. The summed E-state index contributed by atoms with van der Waals surface area (Å²) in [5.74, 6) is -0.823. The second-order valence-corrected chi connectivity index (χ2v) is 6.39. The van der Waals surface area contributed by atoms with Crippen LogP contribution in [0.15, 0.2) is 0 Å². The van der Waals surface area contributed by atoms with Crippen molar-refractivity contribution in [1.29, 1.82) is 0 Å². The molecule has 0 unspecified atom stereocenters. The Morgan fingerprint density at radius 3 is 2.30 bits per heavy atom. The minimum atomic E-state index is -0.823. The lowest BCUT2D eigenvalue weighted by Gasteiger charge is -2.39. The Morgan fingerprint density at radius 1 is 1.15 bits per heavy atom. The first-order valence-corrected chi connectivity index (χ1v) is 7.79. The molecular formula is C15H26N2O3. The molecule has 0 aromatic heterocycles. The third-order valence-corrected chi connectivity index (χ3v) is 4.87. The molecule has 0 aliphatic heterocycles. The van der Waals surface area contributed by atoms with Crippen LogP contribution >= 0.6 is 0 Å². The molecule has 0 atom stereocenters. The standard InChI is InChI=1S/C15H26N2O3/c1-17(12-7-3-4-8-12)14(20)16-15(11-13(18)19)9-5-2-6-10-15/h12H,2-11H2,1H3,(H,16,20)(H,18,19). The average Bonchev–Trinajstić information content (AvgIpc) is 2.91.